The summed E-state index contributed by atoms with van der Waals surface area (Å²) in [5.74, 6) is 0.575. The van der Waals surface area contributed by atoms with E-state index in [1.165, 1.54) is 0 Å². The van der Waals surface area contributed by atoms with E-state index < -0.39 is 5.91 Å². The molecule has 30 heavy (non-hydrogen) atoms. The number of benzene rings is 2. The van der Waals surface area contributed by atoms with Crippen LogP contribution >= 0.6 is 23.4 Å². The number of thioether (sulfide) groups is 1. The summed E-state index contributed by atoms with van der Waals surface area (Å²) in [5.41, 5.74) is 1.74. The van der Waals surface area contributed by atoms with Crippen LogP contribution in [0.3, 0.4) is 0 Å². The Morgan fingerprint density at radius 3 is 2.63 bits per heavy atom. The fraction of sp³-hybridized carbons (Fsp3) is 0.190. The summed E-state index contributed by atoms with van der Waals surface area (Å²) in [6, 6.07) is 12.6. The maximum Gasteiger partial charge on any atom is 0.290 e. The number of ether oxygens (including phenoxy) is 2. The Kier molecular flexibility index (Phi) is 6.08. The maximum atomic E-state index is 11.6. The summed E-state index contributed by atoms with van der Waals surface area (Å²) in [6.07, 6.45) is 2.27. The molecule has 1 unspecified atom stereocenters. The quantitative estimate of drug-likeness (QED) is 0.685. The molecule has 7 nitrogen and oxygen atoms in total. The van der Waals surface area contributed by atoms with Crippen LogP contribution in [0, 0.1) is 0 Å². The van der Waals surface area contributed by atoms with Crippen LogP contribution in [0.4, 0.5) is 4.79 Å². The van der Waals surface area contributed by atoms with Crippen LogP contribution in [0.25, 0.3) is 6.08 Å². The van der Waals surface area contributed by atoms with Gasteiger partial charge in [0.1, 0.15) is 18.1 Å². The molecule has 0 bridgehead atoms. The van der Waals surface area contributed by atoms with Gasteiger partial charge in [-0.2, -0.15) is 0 Å². The van der Waals surface area contributed by atoms with Gasteiger partial charge in [0, 0.05) is 0 Å². The second kappa shape index (κ2) is 8.91. The number of rotatable bonds is 5. The molecule has 0 saturated carbocycles. The first-order valence-electron chi connectivity index (χ1n) is 9.14. The number of morpholine rings is 1. The summed E-state index contributed by atoms with van der Waals surface area (Å²) >= 11 is 7.17. The minimum atomic E-state index is -0.416. The first-order valence-corrected chi connectivity index (χ1v) is 10.3. The standard InChI is InChI=1S/C21H17ClN2O5S/c22-16-8-13(9-18-20(26)24-21(27)30-18)3-6-17(16)29-15-4-1-12(2-5-15)7-14-10-28-11-19(25)23-14/h1-6,8-9,14H,7,10-11H2,(H,23,25)(H,24,26,27)/b18-9-. The summed E-state index contributed by atoms with van der Waals surface area (Å²) < 4.78 is 11.1. The minimum Gasteiger partial charge on any atom is -0.456 e. The molecule has 0 aliphatic carbocycles. The van der Waals surface area contributed by atoms with E-state index in [4.69, 9.17) is 21.1 Å². The van der Waals surface area contributed by atoms with Gasteiger partial charge in [-0.15, -0.1) is 0 Å². The van der Waals surface area contributed by atoms with Crippen molar-refractivity contribution in [2.24, 2.45) is 0 Å². The number of carbonyl (C=O) groups is 3. The predicted octanol–water partition coefficient (Wildman–Crippen LogP) is 3.51. The molecule has 0 aromatic heterocycles. The van der Waals surface area contributed by atoms with E-state index in [2.05, 4.69) is 10.6 Å². The van der Waals surface area contributed by atoms with E-state index in [0.29, 0.717) is 40.0 Å². The van der Waals surface area contributed by atoms with Gasteiger partial charge in [0.2, 0.25) is 5.91 Å². The molecule has 2 aliphatic rings. The Bertz CT molecular complexity index is 1040. The Morgan fingerprint density at radius 1 is 1.17 bits per heavy atom. The highest BCUT2D eigenvalue weighted by molar-refractivity contribution is 8.18. The molecule has 1 atom stereocenters. The summed E-state index contributed by atoms with van der Waals surface area (Å²) in [4.78, 5) is 34.6. The zero-order valence-corrected chi connectivity index (χ0v) is 17.2. The van der Waals surface area contributed by atoms with E-state index in [1.54, 1.807) is 24.3 Å². The lowest BCUT2D eigenvalue weighted by Gasteiger charge is -2.23. The second-order valence-corrected chi connectivity index (χ2v) is 8.19. The lowest BCUT2D eigenvalue weighted by atomic mass is 10.1. The molecular weight excluding hydrogens is 428 g/mol. The largest absolute Gasteiger partial charge is 0.456 e. The molecule has 9 heteroatoms. The smallest absolute Gasteiger partial charge is 0.290 e. The highest BCUT2D eigenvalue weighted by atomic mass is 35.5. The van der Waals surface area contributed by atoms with Gasteiger partial charge in [-0.3, -0.25) is 19.7 Å². The fourth-order valence-corrected chi connectivity index (χ4v) is 3.99. The van der Waals surface area contributed by atoms with Crippen molar-refractivity contribution < 1.29 is 23.9 Å². The molecule has 2 aromatic carbocycles. The number of imide groups is 1. The van der Waals surface area contributed by atoms with Gasteiger partial charge >= 0.3 is 0 Å². The highest BCUT2D eigenvalue weighted by Crippen LogP contribution is 2.32. The minimum absolute atomic E-state index is 0.0375. The van der Waals surface area contributed by atoms with Gasteiger partial charge in [-0.05, 0) is 59.7 Å². The number of halogens is 1. The molecule has 4 rings (SSSR count). The predicted molar refractivity (Wildman–Crippen MR) is 114 cm³/mol. The molecule has 2 fully saturated rings. The summed E-state index contributed by atoms with van der Waals surface area (Å²) in [6.45, 7) is 0.612. The molecule has 154 valence electrons. The van der Waals surface area contributed by atoms with Gasteiger partial charge in [0.05, 0.1) is 22.6 Å². The van der Waals surface area contributed by atoms with Crippen molar-refractivity contribution in [3.63, 3.8) is 0 Å². The van der Waals surface area contributed by atoms with Crippen molar-refractivity contribution in [1.29, 1.82) is 0 Å². The zero-order valence-electron chi connectivity index (χ0n) is 15.6. The maximum absolute atomic E-state index is 11.6. The molecule has 0 radical (unpaired) electrons. The van der Waals surface area contributed by atoms with Crippen LogP contribution in [0.1, 0.15) is 11.1 Å². The van der Waals surface area contributed by atoms with Crippen LogP contribution in [-0.2, 0) is 20.7 Å². The third-order valence-corrected chi connectivity index (χ3v) is 5.55. The van der Waals surface area contributed by atoms with Crippen molar-refractivity contribution in [2.45, 2.75) is 12.5 Å². The average Bonchev–Trinajstić information content (AvgIpc) is 3.02. The Labute approximate surface area is 181 Å². The molecule has 2 aliphatic heterocycles. The second-order valence-electron chi connectivity index (χ2n) is 6.77. The van der Waals surface area contributed by atoms with Gasteiger partial charge in [0.15, 0.2) is 0 Å². The van der Waals surface area contributed by atoms with Crippen molar-refractivity contribution in [1.82, 2.24) is 10.6 Å². The molecule has 2 N–H and O–H groups in total. The molecule has 0 spiro atoms. The molecule has 3 amide bonds. The Hall–Kier alpha value is -2.81. The zero-order chi connectivity index (χ0) is 21.1. The van der Waals surface area contributed by atoms with Gasteiger partial charge in [-0.1, -0.05) is 29.8 Å². The molecular formula is C21H17ClN2O5S. The van der Waals surface area contributed by atoms with Crippen molar-refractivity contribution in [3.8, 4) is 11.5 Å². The monoisotopic (exact) mass is 444 g/mol. The first-order chi connectivity index (χ1) is 14.5. The third kappa shape index (κ3) is 5.02. The number of carbonyl (C=O) groups excluding carboxylic acids is 3. The molecule has 2 saturated heterocycles. The number of amides is 3. The van der Waals surface area contributed by atoms with Crippen molar-refractivity contribution >= 4 is 46.5 Å². The van der Waals surface area contributed by atoms with Gasteiger partial charge in [0.25, 0.3) is 11.1 Å². The summed E-state index contributed by atoms with van der Waals surface area (Å²) in [5, 5.41) is 5.10. The van der Waals surface area contributed by atoms with E-state index in [0.717, 1.165) is 17.3 Å². The SMILES string of the molecule is O=C1COCC(Cc2ccc(Oc3ccc(/C=C4\SC(=O)NC4=O)cc3Cl)cc2)N1. The van der Waals surface area contributed by atoms with E-state index in [1.807, 2.05) is 24.3 Å². The lowest BCUT2D eigenvalue weighted by molar-refractivity contribution is -0.131. The van der Waals surface area contributed by atoms with Crippen LogP contribution in [0.15, 0.2) is 47.4 Å². The Balaban J connectivity index is 1.40. The van der Waals surface area contributed by atoms with Crippen LogP contribution in [0.2, 0.25) is 5.02 Å². The van der Waals surface area contributed by atoms with Crippen LogP contribution in [0.5, 0.6) is 11.5 Å². The highest BCUT2D eigenvalue weighted by Gasteiger charge is 2.25. The topological polar surface area (TPSA) is 93.7 Å². The molecule has 2 aromatic rings. The van der Waals surface area contributed by atoms with Gasteiger partial charge < -0.3 is 14.8 Å². The van der Waals surface area contributed by atoms with Crippen LogP contribution in [-0.4, -0.2) is 36.3 Å². The lowest BCUT2D eigenvalue weighted by Crippen LogP contribution is -2.46. The van der Waals surface area contributed by atoms with E-state index in [-0.39, 0.29) is 23.8 Å². The average molecular weight is 445 g/mol. The van der Waals surface area contributed by atoms with E-state index in [9.17, 15) is 14.4 Å². The van der Waals surface area contributed by atoms with Gasteiger partial charge in [-0.25, -0.2) is 0 Å². The Morgan fingerprint density at radius 2 is 1.97 bits per heavy atom. The number of nitrogens with one attached hydrogen (secondary N) is 2. The number of hydrogen-bond donors (Lipinski definition) is 2. The third-order valence-electron chi connectivity index (χ3n) is 4.45. The van der Waals surface area contributed by atoms with Crippen molar-refractivity contribution in [2.75, 3.05) is 13.2 Å². The van der Waals surface area contributed by atoms with Crippen molar-refractivity contribution in [3.05, 3.63) is 63.5 Å². The van der Waals surface area contributed by atoms with E-state index >= 15 is 0 Å². The van der Waals surface area contributed by atoms with Crippen LogP contribution < -0.4 is 15.4 Å². The number of hydrogen-bond acceptors (Lipinski definition) is 6. The first kappa shape index (κ1) is 20.5. The summed E-state index contributed by atoms with van der Waals surface area (Å²) in [7, 11) is 0. The normalized spacial score (nSPS) is 20.2. The molecule has 2 heterocycles. The fourth-order valence-electron chi connectivity index (χ4n) is 3.08.